The van der Waals surface area contributed by atoms with Crippen molar-refractivity contribution >= 4 is 27.5 Å². The Morgan fingerprint density at radius 3 is 2.50 bits per heavy atom. The minimum Gasteiger partial charge on any atom is -0.358 e. The summed E-state index contributed by atoms with van der Waals surface area (Å²) in [6.07, 6.45) is 0. The average molecular weight is 243 g/mol. The topological polar surface area (TPSA) is 75.3 Å². The standard InChI is InChI=1S/C7H15ClN2O3S/c1-6(3-8)5-14(12,13)10-4-7(11)9-2/h6,10H,3-5H2,1-2H3,(H,9,11). The molecule has 0 aromatic heterocycles. The van der Waals surface area contributed by atoms with Crippen molar-refractivity contribution in [2.24, 2.45) is 5.92 Å². The highest BCUT2D eigenvalue weighted by Crippen LogP contribution is 2.01. The summed E-state index contributed by atoms with van der Waals surface area (Å²) in [5.41, 5.74) is 0. The Balaban J connectivity index is 4.02. The zero-order valence-electron chi connectivity index (χ0n) is 8.21. The van der Waals surface area contributed by atoms with Gasteiger partial charge in [0, 0.05) is 12.9 Å². The van der Waals surface area contributed by atoms with E-state index in [1.807, 2.05) is 0 Å². The normalized spacial score (nSPS) is 13.6. The number of nitrogens with one attached hydrogen (secondary N) is 2. The van der Waals surface area contributed by atoms with Crippen molar-refractivity contribution in [3.05, 3.63) is 0 Å². The molecule has 0 saturated heterocycles. The van der Waals surface area contributed by atoms with E-state index < -0.39 is 10.0 Å². The quantitative estimate of drug-likeness (QED) is 0.619. The first-order valence-corrected chi connectivity index (χ1v) is 6.34. The van der Waals surface area contributed by atoms with Crippen molar-refractivity contribution in [2.45, 2.75) is 6.92 Å². The van der Waals surface area contributed by atoms with Gasteiger partial charge in [-0.05, 0) is 5.92 Å². The van der Waals surface area contributed by atoms with Crippen LogP contribution in [0.25, 0.3) is 0 Å². The zero-order chi connectivity index (χ0) is 11.2. The van der Waals surface area contributed by atoms with Crippen molar-refractivity contribution in [2.75, 3.05) is 25.2 Å². The van der Waals surface area contributed by atoms with Gasteiger partial charge in [0.05, 0.1) is 12.3 Å². The lowest BCUT2D eigenvalue weighted by Crippen LogP contribution is -2.37. The number of likely N-dealkylation sites (N-methyl/N-ethyl adjacent to an activating group) is 1. The third-order valence-electron chi connectivity index (χ3n) is 1.50. The highest BCUT2D eigenvalue weighted by atomic mass is 35.5. The van der Waals surface area contributed by atoms with Gasteiger partial charge in [-0.3, -0.25) is 4.79 Å². The van der Waals surface area contributed by atoms with E-state index in [9.17, 15) is 13.2 Å². The lowest BCUT2D eigenvalue weighted by Gasteiger charge is -2.09. The van der Waals surface area contributed by atoms with Gasteiger partial charge < -0.3 is 5.32 Å². The molecular weight excluding hydrogens is 228 g/mol. The molecule has 0 aliphatic carbocycles. The zero-order valence-corrected chi connectivity index (χ0v) is 9.78. The third kappa shape index (κ3) is 6.17. The number of halogens is 1. The molecule has 2 N–H and O–H groups in total. The maximum atomic E-state index is 11.3. The summed E-state index contributed by atoms with van der Waals surface area (Å²) in [6, 6.07) is 0. The molecule has 1 amide bonds. The Morgan fingerprint density at radius 2 is 2.07 bits per heavy atom. The molecule has 84 valence electrons. The molecule has 14 heavy (non-hydrogen) atoms. The Kier molecular flexibility index (Phi) is 6.06. The minimum atomic E-state index is -3.39. The van der Waals surface area contributed by atoms with Crippen molar-refractivity contribution in [1.29, 1.82) is 0 Å². The largest absolute Gasteiger partial charge is 0.358 e. The summed E-state index contributed by atoms with van der Waals surface area (Å²) in [7, 11) is -1.95. The van der Waals surface area contributed by atoms with Crippen LogP contribution in [0.2, 0.25) is 0 Å². The van der Waals surface area contributed by atoms with Gasteiger partial charge in [-0.15, -0.1) is 11.6 Å². The first-order valence-electron chi connectivity index (χ1n) is 4.15. The molecule has 0 heterocycles. The van der Waals surface area contributed by atoms with Gasteiger partial charge in [-0.25, -0.2) is 13.1 Å². The Bertz CT molecular complexity index is 279. The van der Waals surface area contributed by atoms with E-state index in [1.165, 1.54) is 7.05 Å². The molecule has 0 spiro atoms. The molecule has 1 unspecified atom stereocenters. The Labute approximate surface area is 89.3 Å². The maximum absolute atomic E-state index is 11.3. The molecule has 0 fully saturated rings. The number of alkyl halides is 1. The fourth-order valence-electron chi connectivity index (χ4n) is 0.742. The maximum Gasteiger partial charge on any atom is 0.234 e. The molecule has 0 rings (SSSR count). The summed E-state index contributed by atoms with van der Waals surface area (Å²) >= 11 is 5.48. The first-order chi connectivity index (χ1) is 6.41. The van der Waals surface area contributed by atoms with E-state index in [1.54, 1.807) is 6.92 Å². The minimum absolute atomic E-state index is 0.0620. The van der Waals surface area contributed by atoms with Crippen LogP contribution in [0, 0.1) is 5.92 Å². The van der Waals surface area contributed by atoms with Crippen LogP contribution in [0.1, 0.15) is 6.92 Å². The van der Waals surface area contributed by atoms with Gasteiger partial charge in [-0.2, -0.15) is 0 Å². The lowest BCUT2D eigenvalue weighted by atomic mass is 10.3. The van der Waals surface area contributed by atoms with E-state index >= 15 is 0 Å². The van der Waals surface area contributed by atoms with Crippen LogP contribution in [-0.2, 0) is 14.8 Å². The van der Waals surface area contributed by atoms with Gasteiger partial charge >= 0.3 is 0 Å². The monoisotopic (exact) mass is 242 g/mol. The molecular formula is C7H15ClN2O3S. The molecule has 0 saturated carbocycles. The first kappa shape index (κ1) is 13.7. The molecule has 0 radical (unpaired) electrons. The Morgan fingerprint density at radius 1 is 1.50 bits per heavy atom. The SMILES string of the molecule is CNC(=O)CNS(=O)(=O)CC(C)CCl. The van der Waals surface area contributed by atoms with Crippen molar-refractivity contribution in [1.82, 2.24) is 10.0 Å². The number of hydrogen-bond donors (Lipinski definition) is 2. The van der Waals surface area contributed by atoms with Crippen LogP contribution in [0.15, 0.2) is 0 Å². The summed E-state index contributed by atoms with van der Waals surface area (Å²) in [5.74, 6) is -0.278. The lowest BCUT2D eigenvalue weighted by molar-refractivity contribution is -0.119. The summed E-state index contributed by atoms with van der Waals surface area (Å²) in [5, 5.41) is 2.31. The van der Waals surface area contributed by atoms with Gasteiger partial charge in [0.2, 0.25) is 15.9 Å². The predicted molar refractivity (Wildman–Crippen MR) is 55.7 cm³/mol. The molecule has 1 atom stereocenters. The van der Waals surface area contributed by atoms with Gasteiger partial charge in [0.15, 0.2) is 0 Å². The van der Waals surface area contributed by atoms with Gasteiger partial charge in [-0.1, -0.05) is 6.92 Å². The molecule has 0 aliphatic rings. The molecule has 5 nitrogen and oxygen atoms in total. The van der Waals surface area contributed by atoms with Crippen LogP contribution in [0.4, 0.5) is 0 Å². The number of carbonyl (C=O) groups excluding carboxylic acids is 1. The second kappa shape index (κ2) is 6.21. The summed E-state index contributed by atoms with van der Waals surface area (Å²) < 4.78 is 24.7. The van der Waals surface area contributed by atoms with Crippen LogP contribution in [-0.4, -0.2) is 39.6 Å². The Hall–Kier alpha value is -0.330. The summed E-state index contributed by atoms with van der Waals surface area (Å²) in [6.45, 7) is 1.50. The van der Waals surface area contributed by atoms with Crippen LogP contribution in [0.5, 0.6) is 0 Å². The smallest absolute Gasteiger partial charge is 0.234 e. The molecule has 0 aromatic rings. The van der Waals surface area contributed by atoms with Crippen molar-refractivity contribution < 1.29 is 13.2 Å². The predicted octanol–water partition coefficient (Wildman–Crippen LogP) is -0.473. The molecule has 0 aliphatic heterocycles. The van der Waals surface area contributed by atoms with Crippen molar-refractivity contribution in [3.63, 3.8) is 0 Å². The van der Waals surface area contributed by atoms with Gasteiger partial charge in [0.25, 0.3) is 0 Å². The second-order valence-electron chi connectivity index (χ2n) is 3.04. The average Bonchev–Trinajstić information content (AvgIpc) is 2.13. The molecule has 0 bridgehead atoms. The van der Waals surface area contributed by atoms with Gasteiger partial charge in [0.1, 0.15) is 0 Å². The third-order valence-corrected chi connectivity index (χ3v) is 3.62. The van der Waals surface area contributed by atoms with Crippen LogP contribution in [0.3, 0.4) is 0 Å². The number of carbonyl (C=O) groups is 1. The van der Waals surface area contributed by atoms with E-state index in [4.69, 9.17) is 11.6 Å². The van der Waals surface area contributed by atoms with E-state index in [0.29, 0.717) is 0 Å². The number of sulfonamides is 1. The summed E-state index contributed by atoms with van der Waals surface area (Å²) in [4.78, 5) is 10.7. The number of amides is 1. The number of rotatable bonds is 6. The van der Waals surface area contributed by atoms with Crippen LogP contribution < -0.4 is 10.0 Å². The van der Waals surface area contributed by atoms with E-state index in [2.05, 4.69) is 10.0 Å². The number of hydrogen-bond acceptors (Lipinski definition) is 3. The molecule has 7 heteroatoms. The van der Waals surface area contributed by atoms with Crippen molar-refractivity contribution in [3.8, 4) is 0 Å². The fourth-order valence-corrected chi connectivity index (χ4v) is 2.32. The van der Waals surface area contributed by atoms with E-state index in [-0.39, 0.29) is 30.0 Å². The van der Waals surface area contributed by atoms with E-state index in [0.717, 1.165) is 0 Å². The second-order valence-corrected chi connectivity index (χ2v) is 5.20. The highest BCUT2D eigenvalue weighted by Gasteiger charge is 2.15. The fraction of sp³-hybridized carbons (Fsp3) is 0.857. The molecule has 0 aromatic carbocycles. The highest BCUT2D eigenvalue weighted by molar-refractivity contribution is 7.89. The van der Waals surface area contributed by atoms with Crippen LogP contribution >= 0.6 is 11.6 Å².